The molecule has 2 aromatic rings. The van der Waals surface area contributed by atoms with Gasteiger partial charge in [0.1, 0.15) is 17.7 Å². The van der Waals surface area contributed by atoms with Crippen LogP contribution in [0.25, 0.3) is 0 Å². The third-order valence-corrected chi connectivity index (χ3v) is 3.38. The van der Waals surface area contributed by atoms with Gasteiger partial charge in [0.25, 0.3) is 5.91 Å². The van der Waals surface area contributed by atoms with Crippen LogP contribution in [-0.4, -0.2) is 12.7 Å². The average Bonchev–Trinajstić information content (AvgIpc) is 3.10. The summed E-state index contributed by atoms with van der Waals surface area (Å²) in [5, 5.41) is 23.0. The fourth-order valence-electron chi connectivity index (χ4n) is 2.17. The number of nitriles is 2. The number of hydrogen-bond donors (Lipinski definition) is 2. The van der Waals surface area contributed by atoms with Crippen molar-refractivity contribution in [3.8, 4) is 23.6 Å². The van der Waals surface area contributed by atoms with Crippen molar-refractivity contribution < 1.29 is 14.3 Å². The van der Waals surface area contributed by atoms with Crippen LogP contribution in [0.1, 0.15) is 10.4 Å². The summed E-state index contributed by atoms with van der Waals surface area (Å²) in [4.78, 5) is 12.4. The molecular weight excluding hydrogens is 320 g/mol. The lowest BCUT2D eigenvalue weighted by atomic mass is 10.1. The third kappa shape index (κ3) is 3.69. The number of ether oxygens (including phenoxy) is 2. The van der Waals surface area contributed by atoms with E-state index < -0.39 is 0 Å². The van der Waals surface area contributed by atoms with Gasteiger partial charge in [-0.05, 0) is 30.3 Å². The van der Waals surface area contributed by atoms with Gasteiger partial charge in [-0.25, -0.2) is 0 Å². The molecule has 25 heavy (non-hydrogen) atoms. The highest BCUT2D eigenvalue weighted by atomic mass is 16.7. The van der Waals surface area contributed by atoms with Gasteiger partial charge in [-0.2, -0.15) is 10.5 Å². The summed E-state index contributed by atoms with van der Waals surface area (Å²) in [6.45, 7) is 0.168. The van der Waals surface area contributed by atoms with Crippen molar-refractivity contribution in [1.82, 2.24) is 0 Å². The lowest BCUT2D eigenvalue weighted by Gasteiger charge is -2.08. The molecule has 0 bridgehead atoms. The minimum atomic E-state index is -0.299. The normalized spacial score (nSPS) is 11.0. The third-order valence-electron chi connectivity index (χ3n) is 3.38. The van der Waals surface area contributed by atoms with Crippen LogP contribution >= 0.6 is 0 Å². The van der Waals surface area contributed by atoms with E-state index in [9.17, 15) is 4.79 Å². The molecular formula is C18H12N4O3. The molecule has 3 rings (SSSR count). The fourth-order valence-corrected chi connectivity index (χ4v) is 2.17. The molecule has 2 N–H and O–H groups in total. The first-order valence-corrected chi connectivity index (χ1v) is 7.27. The second-order valence-corrected chi connectivity index (χ2v) is 5.03. The van der Waals surface area contributed by atoms with E-state index in [2.05, 4.69) is 10.6 Å². The zero-order valence-corrected chi connectivity index (χ0v) is 12.9. The molecule has 0 radical (unpaired) electrons. The van der Waals surface area contributed by atoms with Gasteiger partial charge in [0.15, 0.2) is 11.5 Å². The second kappa shape index (κ2) is 7.07. The number of carbonyl (C=O) groups excluding carboxylic acids is 1. The van der Waals surface area contributed by atoms with Crippen molar-refractivity contribution in [3.63, 3.8) is 0 Å². The Morgan fingerprint density at radius 3 is 2.64 bits per heavy atom. The van der Waals surface area contributed by atoms with Gasteiger partial charge in [-0.3, -0.25) is 4.79 Å². The Morgan fingerprint density at radius 1 is 1.04 bits per heavy atom. The lowest BCUT2D eigenvalue weighted by molar-refractivity contribution is 0.102. The number of nitrogens with one attached hydrogen (secondary N) is 2. The quantitative estimate of drug-likeness (QED) is 0.833. The van der Waals surface area contributed by atoms with Gasteiger partial charge < -0.3 is 20.1 Å². The van der Waals surface area contributed by atoms with Crippen LogP contribution in [0, 0.1) is 22.7 Å². The minimum Gasteiger partial charge on any atom is -0.454 e. The predicted octanol–water partition coefficient (Wildman–Crippen LogP) is 3.01. The van der Waals surface area contributed by atoms with Crippen LogP contribution in [0.2, 0.25) is 0 Å². The van der Waals surface area contributed by atoms with Crippen LogP contribution in [0.3, 0.4) is 0 Å². The van der Waals surface area contributed by atoms with Gasteiger partial charge in [0.2, 0.25) is 6.79 Å². The summed E-state index contributed by atoms with van der Waals surface area (Å²) in [6, 6.07) is 15.3. The zero-order chi connectivity index (χ0) is 17.6. The molecule has 0 spiro atoms. The summed E-state index contributed by atoms with van der Waals surface area (Å²) in [6.07, 6.45) is 1.29. The number of carbonyl (C=O) groups is 1. The second-order valence-electron chi connectivity index (χ2n) is 5.03. The largest absolute Gasteiger partial charge is 0.454 e. The zero-order valence-electron chi connectivity index (χ0n) is 12.9. The summed E-state index contributed by atoms with van der Waals surface area (Å²) in [5.74, 6) is 0.924. The first kappa shape index (κ1) is 15.9. The number of hydrogen-bond acceptors (Lipinski definition) is 6. The number of fused-ring (bicyclic) bond motifs is 1. The van der Waals surface area contributed by atoms with E-state index in [-0.39, 0.29) is 18.3 Å². The summed E-state index contributed by atoms with van der Waals surface area (Å²) in [7, 11) is 0. The monoisotopic (exact) mass is 332 g/mol. The molecule has 0 aliphatic carbocycles. The maximum absolute atomic E-state index is 12.4. The predicted molar refractivity (Wildman–Crippen MR) is 89.9 cm³/mol. The summed E-state index contributed by atoms with van der Waals surface area (Å²) < 4.78 is 10.5. The number of amides is 1. The van der Waals surface area contributed by atoms with Crippen LogP contribution in [-0.2, 0) is 0 Å². The van der Waals surface area contributed by atoms with E-state index in [1.165, 1.54) is 6.20 Å². The summed E-state index contributed by atoms with van der Waals surface area (Å²) >= 11 is 0. The number of benzene rings is 2. The van der Waals surface area contributed by atoms with E-state index in [1.807, 2.05) is 0 Å². The van der Waals surface area contributed by atoms with Crippen LogP contribution in [0.15, 0.2) is 54.2 Å². The Bertz CT molecular complexity index is 922. The number of nitrogens with zero attached hydrogens (tertiary/aromatic N) is 2. The molecule has 0 saturated heterocycles. The minimum absolute atomic E-state index is 0.0600. The fraction of sp³-hybridized carbons (Fsp3) is 0.0556. The highest BCUT2D eigenvalue weighted by Crippen LogP contribution is 2.34. The Balaban J connectivity index is 1.72. The van der Waals surface area contributed by atoms with Gasteiger partial charge in [0, 0.05) is 29.2 Å². The van der Waals surface area contributed by atoms with E-state index in [0.717, 1.165) is 0 Å². The molecule has 1 amide bonds. The van der Waals surface area contributed by atoms with Gasteiger partial charge in [-0.1, -0.05) is 6.07 Å². The van der Waals surface area contributed by atoms with Gasteiger partial charge in [-0.15, -0.1) is 0 Å². The topological polar surface area (TPSA) is 107 Å². The number of allylic oxidation sites excluding steroid dienone is 1. The molecule has 0 atom stereocenters. The number of rotatable bonds is 4. The molecule has 0 unspecified atom stereocenters. The van der Waals surface area contributed by atoms with Crippen molar-refractivity contribution in [2.24, 2.45) is 0 Å². The van der Waals surface area contributed by atoms with Crippen molar-refractivity contribution >= 4 is 17.3 Å². The molecule has 1 heterocycles. The summed E-state index contributed by atoms with van der Waals surface area (Å²) in [5.41, 5.74) is 1.53. The van der Waals surface area contributed by atoms with Gasteiger partial charge >= 0.3 is 0 Å². The Labute approximate surface area is 143 Å². The highest BCUT2D eigenvalue weighted by Gasteiger charge is 2.14. The maximum atomic E-state index is 12.4. The van der Waals surface area contributed by atoms with E-state index in [1.54, 1.807) is 54.6 Å². The smallest absolute Gasteiger partial charge is 0.255 e. The average molecular weight is 332 g/mol. The molecule has 1 aliphatic rings. The van der Waals surface area contributed by atoms with Gasteiger partial charge in [0.05, 0.1) is 0 Å². The van der Waals surface area contributed by atoms with E-state index >= 15 is 0 Å². The standard InChI is InChI=1S/C18H12N4O3/c19-8-12(9-20)10-21-14-3-1-2-13(6-14)18(23)22-15-4-5-16-17(7-15)25-11-24-16/h1-7,10,21H,11H2,(H,22,23). The highest BCUT2D eigenvalue weighted by molar-refractivity contribution is 6.05. The van der Waals surface area contributed by atoms with E-state index in [0.29, 0.717) is 28.4 Å². The molecule has 0 saturated carbocycles. The molecule has 7 nitrogen and oxygen atoms in total. The first-order valence-electron chi connectivity index (χ1n) is 7.27. The number of anilines is 2. The SMILES string of the molecule is N#CC(C#N)=CNc1cccc(C(=O)Nc2ccc3c(c2)OCO3)c1. The lowest BCUT2D eigenvalue weighted by Crippen LogP contribution is -2.12. The molecule has 2 aromatic carbocycles. The van der Waals surface area contributed by atoms with Crippen molar-refractivity contribution in [2.45, 2.75) is 0 Å². The van der Waals surface area contributed by atoms with Crippen LogP contribution < -0.4 is 20.1 Å². The Hall–Kier alpha value is -3.97. The first-order chi connectivity index (χ1) is 12.2. The molecule has 1 aliphatic heterocycles. The Morgan fingerprint density at radius 2 is 1.84 bits per heavy atom. The van der Waals surface area contributed by atoms with Crippen molar-refractivity contribution in [2.75, 3.05) is 17.4 Å². The maximum Gasteiger partial charge on any atom is 0.255 e. The van der Waals surface area contributed by atoms with Crippen LogP contribution in [0.4, 0.5) is 11.4 Å². The van der Waals surface area contributed by atoms with Crippen molar-refractivity contribution in [3.05, 3.63) is 59.8 Å². The molecule has 7 heteroatoms. The van der Waals surface area contributed by atoms with Crippen LogP contribution in [0.5, 0.6) is 11.5 Å². The van der Waals surface area contributed by atoms with Crippen molar-refractivity contribution in [1.29, 1.82) is 10.5 Å². The molecule has 122 valence electrons. The molecule has 0 fully saturated rings. The molecule has 0 aromatic heterocycles. The van der Waals surface area contributed by atoms with E-state index in [4.69, 9.17) is 20.0 Å². The Kier molecular flexibility index (Phi) is 4.50.